The van der Waals surface area contributed by atoms with Crippen LogP contribution in [0, 0.1) is 13.8 Å². The number of benzene rings is 2. The van der Waals surface area contributed by atoms with Gasteiger partial charge in [0, 0.05) is 21.7 Å². The largest absolute Gasteiger partial charge is 0.340 e. The Hall–Kier alpha value is -1.87. The van der Waals surface area contributed by atoms with E-state index >= 15 is 0 Å². The fraction of sp³-hybridized carbons (Fsp3) is 0.167. The van der Waals surface area contributed by atoms with Gasteiger partial charge in [-0.25, -0.2) is 0 Å². The van der Waals surface area contributed by atoms with E-state index in [9.17, 15) is 4.79 Å². The molecule has 0 saturated heterocycles. The molecule has 0 aliphatic rings. The number of halogens is 1. The van der Waals surface area contributed by atoms with E-state index in [0.29, 0.717) is 6.54 Å². The minimum Gasteiger partial charge on any atom is -0.340 e. The van der Waals surface area contributed by atoms with Gasteiger partial charge in [0.05, 0.1) is 6.54 Å². The van der Waals surface area contributed by atoms with E-state index in [0.717, 1.165) is 26.5 Å². The van der Waals surface area contributed by atoms with Gasteiger partial charge >= 0.3 is 0 Å². The fourth-order valence-electron chi connectivity index (χ4n) is 2.66. The summed E-state index contributed by atoms with van der Waals surface area (Å²) in [4.78, 5) is 12.5. The van der Waals surface area contributed by atoms with Gasteiger partial charge in [-0.15, -0.1) is 0 Å². The normalized spacial score (nSPS) is 11.0. The molecule has 2 nitrogen and oxygen atoms in total. The lowest BCUT2D eigenvalue weighted by molar-refractivity contribution is 0.0973. The Labute approximate surface area is 132 Å². The molecule has 1 aromatic heterocycles. The fourth-order valence-corrected chi connectivity index (χ4v) is 3.01. The molecule has 0 aliphatic heterocycles. The molecule has 0 unspecified atom stereocenters. The number of rotatable bonds is 3. The van der Waals surface area contributed by atoms with Crippen LogP contribution in [-0.2, 0) is 6.54 Å². The van der Waals surface area contributed by atoms with Gasteiger partial charge < -0.3 is 4.57 Å². The van der Waals surface area contributed by atoms with Crippen LogP contribution in [-0.4, -0.2) is 10.4 Å². The highest BCUT2D eigenvalue weighted by molar-refractivity contribution is 9.10. The summed E-state index contributed by atoms with van der Waals surface area (Å²) in [5.74, 6) is 0.143. The lowest BCUT2D eigenvalue weighted by atomic mass is 10.0. The van der Waals surface area contributed by atoms with Crippen LogP contribution in [0.3, 0.4) is 0 Å². The molecule has 0 amide bonds. The van der Waals surface area contributed by atoms with Crippen molar-refractivity contribution >= 4 is 32.6 Å². The smallest absolute Gasteiger partial charge is 0.182 e. The molecular formula is C18H16BrNO. The van der Waals surface area contributed by atoms with E-state index in [4.69, 9.17) is 0 Å². The van der Waals surface area contributed by atoms with Crippen molar-refractivity contribution in [2.75, 3.05) is 0 Å². The number of aromatic nitrogens is 1. The number of carbonyl (C=O) groups is 1. The second-order valence-electron chi connectivity index (χ2n) is 5.39. The number of Topliss-reactive ketones (excluding diaryl/α,β-unsaturated/α-hetero) is 1. The number of aryl methyl sites for hydroxylation is 2. The number of fused-ring (bicyclic) bond motifs is 1. The Morgan fingerprint density at radius 1 is 1.10 bits per heavy atom. The second-order valence-corrected chi connectivity index (χ2v) is 6.30. The van der Waals surface area contributed by atoms with Gasteiger partial charge in [0.25, 0.3) is 0 Å². The maximum atomic E-state index is 12.5. The molecule has 1 heterocycles. The summed E-state index contributed by atoms with van der Waals surface area (Å²) in [6.07, 6.45) is 1.97. The van der Waals surface area contributed by atoms with Crippen molar-refractivity contribution < 1.29 is 4.79 Å². The molecule has 106 valence electrons. The summed E-state index contributed by atoms with van der Waals surface area (Å²) < 4.78 is 3.02. The first-order chi connectivity index (χ1) is 10.0. The molecule has 0 fully saturated rings. The average molecular weight is 342 g/mol. The van der Waals surface area contributed by atoms with Crippen LogP contribution < -0.4 is 0 Å². The van der Waals surface area contributed by atoms with Crippen LogP contribution in [0.5, 0.6) is 0 Å². The van der Waals surface area contributed by atoms with Gasteiger partial charge in [0.15, 0.2) is 5.78 Å². The highest BCUT2D eigenvalue weighted by Crippen LogP contribution is 2.21. The van der Waals surface area contributed by atoms with E-state index in [-0.39, 0.29) is 5.78 Å². The van der Waals surface area contributed by atoms with E-state index in [2.05, 4.69) is 28.1 Å². The van der Waals surface area contributed by atoms with Crippen molar-refractivity contribution in [1.29, 1.82) is 0 Å². The first-order valence-corrected chi connectivity index (χ1v) is 7.69. The van der Waals surface area contributed by atoms with Gasteiger partial charge in [-0.2, -0.15) is 0 Å². The zero-order valence-electron chi connectivity index (χ0n) is 12.1. The number of nitrogens with zero attached hydrogens (tertiary/aromatic N) is 1. The Kier molecular flexibility index (Phi) is 3.68. The molecule has 0 aliphatic carbocycles. The SMILES string of the molecule is Cc1ccc(C(=O)Cn2ccc3ccc(Br)cc32)c(C)c1. The van der Waals surface area contributed by atoms with E-state index in [1.54, 1.807) is 0 Å². The summed E-state index contributed by atoms with van der Waals surface area (Å²) in [5, 5.41) is 1.15. The molecule has 0 N–H and O–H groups in total. The molecule has 3 rings (SSSR count). The zero-order valence-corrected chi connectivity index (χ0v) is 13.6. The summed E-state index contributed by atoms with van der Waals surface area (Å²) in [7, 11) is 0. The minimum absolute atomic E-state index is 0.143. The molecule has 0 radical (unpaired) electrons. The van der Waals surface area contributed by atoms with Gasteiger partial charge in [-0.1, -0.05) is 45.8 Å². The Bertz CT molecular complexity index is 832. The number of ketones is 1. The van der Waals surface area contributed by atoms with E-state index in [1.165, 1.54) is 5.56 Å². The lowest BCUT2D eigenvalue weighted by Gasteiger charge is -2.08. The number of hydrogen-bond donors (Lipinski definition) is 0. The second kappa shape index (κ2) is 5.49. The Morgan fingerprint density at radius 2 is 1.90 bits per heavy atom. The van der Waals surface area contributed by atoms with Crippen LogP contribution in [0.15, 0.2) is 53.1 Å². The van der Waals surface area contributed by atoms with Crippen molar-refractivity contribution in [2.24, 2.45) is 0 Å². The predicted molar refractivity (Wildman–Crippen MR) is 89.9 cm³/mol. The summed E-state index contributed by atoms with van der Waals surface area (Å²) >= 11 is 3.48. The standard InChI is InChI=1S/C18H16BrNO/c1-12-3-6-16(13(2)9-12)18(21)11-20-8-7-14-4-5-15(19)10-17(14)20/h3-10H,11H2,1-2H3. The summed E-state index contributed by atoms with van der Waals surface area (Å²) in [6.45, 7) is 4.40. The molecule has 2 aromatic carbocycles. The zero-order chi connectivity index (χ0) is 15.0. The maximum absolute atomic E-state index is 12.5. The van der Waals surface area contributed by atoms with Crippen molar-refractivity contribution in [1.82, 2.24) is 4.57 Å². The highest BCUT2D eigenvalue weighted by Gasteiger charge is 2.11. The van der Waals surface area contributed by atoms with Gasteiger partial charge in [0.1, 0.15) is 0 Å². The first-order valence-electron chi connectivity index (χ1n) is 6.89. The topological polar surface area (TPSA) is 22.0 Å². The molecule has 0 atom stereocenters. The third kappa shape index (κ3) is 2.79. The van der Waals surface area contributed by atoms with Gasteiger partial charge in [-0.3, -0.25) is 4.79 Å². The summed E-state index contributed by atoms with van der Waals surface area (Å²) in [6, 6.07) is 14.1. The van der Waals surface area contributed by atoms with Crippen molar-refractivity contribution in [2.45, 2.75) is 20.4 Å². The van der Waals surface area contributed by atoms with Crippen LogP contribution in [0.1, 0.15) is 21.5 Å². The quantitative estimate of drug-likeness (QED) is 0.620. The molecule has 21 heavy (non-hydrogen) atoms. The van der Waals surface area contributed by atoms with Crippen LogP contribution in [0.4, 0.5) is 0 Å². The molecule has 0 spiro atoms. The van der Waals surface area contributed by atoms with Gasteiger partial charge in [-0.05, 0) is 43.0 Å². The third-order valence-corrected chi connectivity index (χ3v) is 4.23. The first kappa shape index (κ1) is 14.1. The average Bonchev–Trinajstić information content (AvgIpc) is 2.81. The van der Waals surface area contributed by atoms with Crippen LogP contribution in [0.2, 0.25) is 0 Å². The van der Waals surface area contributed by atoms with Crippen LogP contribution in [0.25, 0.3) is 10.9 Å². The molecule has 0 bridgehead atoms. The Morgan fingerprint density at radius 3 is 2.67 bits per heavy atom. The van der Waals surface area contributed by atoms with Crippen molar-refractivity contribution in [3.05, 3.63) is 69.8 Å². The van der Waals surface area contributed by atoms with Crippen molar-refractivity contribution in [3.63, 3.8) is 0 Å². The summed E-state index contributed by atoms with van der Waals surface area (Å²) in [5.41, 5.74) is 4.09. The monoisotopic (exact) mass is 341 g/mol. The van der Waals surface area contributed by atoms with Gasteiger partial charge in [0.2, 0.25) is 0 Å². The molecule has 0 saturated carbocycles. The van der Waals surface area contributed by atoms with E-state index in [1.807, 2.05) is 54.9 Å². The van der Waals surface area contributed by atoms with Crippen molar-refractivity contribution in [3.8, 4) is 0 Å². The Balaban J connectivity index is 1.94. The maximum Gasteiger partial charge on any atom is 0.182 e. The number of hydrogen-bond acceptors (Lipinski definition) is 1. The number of carbonyl (C=O) groups excluding carboxylic acids is 1. The third-order valence-electron chi connectivity index (χ3n) is 3.73. The highest BCUT2D eigenvalue weighted by atomic mass is 79.9. The lowest BCUT2D eigenvalue weighted by Crippen LogP contribution is -2.11. The van der Waals surface area contributed by atoms with E-state index < -0.39 is 0 Å². The van der Waals surface area contributed by atoms with Crippen LogP contribution >= 0.6 is 15.9 Å². The molecule has 3 aromatic rings. The predicted octanol–water partition coefficient (Wildman–Crippen LogP) is 4.90. The molecular weight excluding hydrogens is 326 g/mol. The molecule has 3 heteroatoms. The minimum atomic E-state index is 0.143.